The van der Waals surface area contributed by atoms with E-state index in [-0.39, 0.29) is 6.10 Å². The number of halogens is 1. The normalized spacial score (nSPS) is 19.9. The standard InChI is InChI=1S/C14H17ClN2O2/c1-18-13-6-2-5-11(15)14(13)12(8-16)17-9-10-4-3-7-19-10/h2,5-6,10,12,17H,3-4,7,9H2,1H3. The molecular formula is C14H17ClN2O2. The van der Waals surface area contributed by atoms with Crippen molar-refractivity contribution in [1.82, 2.24) is 5.32 Å². The molecule has 0 amide bonds. The highest BCUT2D eigenvalue weighted by Crippen LogP contribution is 2.32. The van der Waals surface area contributed by atoms with Crippen molar-refractivity contribution in [2.24, 2.45) is 0 Å². The molecule has 2 atom stereocenters. The maximum atomic E-state index is 9.33. The topological polar surface area (TPSA) is 54.3 Å². The highest BCUT2D eigenvalue weighted by Gasteiger charge is 2.22. The molecule has 5 heteroatoms. The smallest absolute Gasteiger partial charge is 0.126 e. The minimum Gasteiger partial charge on any atom is -0.496 e. The van der Waals surface area contributed by atoms with Crippen LogP contribution >= 0.6 is 11.6 Å². The van der Waals surface area contributed by atoms with Gasteiger partial charge in [0.05, 0.1) is 24.3 Å². The van der Waals surface area contributed by atoms with Crippen molar-refractivity contribution < 1.29 is 9.47 Å². The van der Waals surface area contributed by atoms with E-state index in [1.54, 1.807) is 25.3 Å². The third kappa shape index (κ3) is 3.38. The van der Waals surface area contributed by atoms with Crippen molar-refractivity contribution in [3.63, 3.8) is 0 Å². The lowest BCUT2D eigenvalue weighted by Crippen LogP contribution is -2.29. The van der Waals surface area contributed by atoms with Crippen LogP contribution in [0.25, 0.3) is 0 Å². The van der Waals surface area contributed by atoms with E-state index in [1.165, 1.54) is 0 Å². The van der Waals surface area contributed by atoms with Crippen molar-refractivity contribution in [1.29, 1.82) is 5.26 Å². The van der Waals surface area contributed by atoms with Gasteiger partial charge in [0.25, 0.3) is 0 Å². The molecule has 0 radical (unpaired) electrons. The lowest BCUT2D eigenvalue weighted by Gasteiger charge is -2.18. The molecule has 1 aliphatic heterocycles. The molecule has 19 heavy (non-hydrogen) atoms. The summed E-state index contributed by atoms with van der Waals surface area (Å²) >= 11 is 6.17. The van der Waals surface area contributed by atoms with Gasteiger partial charge in [-0.2, -0.15) is 5.26 Å². The monoisotopic (exact) mass is 280 g/mol. The van der Waals surface area contributed by atoms with Crippen molar-refractivity contribution in [2.75, 3.05) is 20.3 Å². The SMILES string of the molecule is COc1cccc(Cl)c1C(C#N)NCC1CCCO1. The van der Waals surface area contributed by atoms with E-state index in [9.17, 15) is 5.26 Å². The van der Waals surface area contributed by atoms with Gasteiger partial charge in [-0.15, -0.1) is 0 Å². The molecule has 0 saturated carbocycles. The number of nitriles is 1. The molecule has 1 aromatic rings. The van der Waals surface area contributed by atoms with E-state index in [1.807, 2.05) is 0 Å². The molecule has 1 N–H and O–H groups in total. The fourth-order valence-corrected chi connectivity index (χ4v) is 2.52. The first kappa shape index (κ1) is 14.1. The summed E-state index contributed by atoms with van der Waals surface area (Å²) in [4.78, 5) is 0. The summed E-state index contributed by atoms with van der Waals surface area (Å²) < 4.78 is 10.8. The van der Waals surface area contributed by atoms with Crippen LogP contribution in [0.5, 0.6) is 5.75 Å². The molecule has 2 rings (SSSR count). The average molecular weight is 281 g/mol. The summed E-state index contributed by atoms with van der Waals surface area (Å²) in [5.41, 5.74) is 0.687. The van der Waals surface area contributed by atoms with Gasteiger partial charge in [0.15, 0.2) is 0 Å². The van der Waals surface area contributed by atoms with Gasteiger partial charge in [0.2, 0.25) is 0 Å². The van der Waals surface area contributed by atoms with Crippen LogP contribution in [0.2, 0.25) is 5.02 Å². The zero-order chi connectivity index (χ0) is 13.7. The molecule has 2 unspecified atom stereocenters. The predicted octanol–water partition coefficient (Wildman–Crippen LogP) is 2.68. The Kier molecular flexibility index (Phi) is 5.03. The molecule has 1 heterocycles. The van der Waals surface area contributed by atoms with E-state index in [0.717, 1.165) is 19.4 Å². The quantitative estimate of drug-likeness (QED) is 0.901. The number of methoxy groups -OCH3 is 1. The van der Waals surface area contributed by atoms with Crippen LogP contribution in [-0.4, -0.2) is 26.4 Å². The van der Waals surface area contributed by atoms with Crippen LogP contribution in [0.4, 0.5) is 0 Å². The predicted molar refractivity (Wildman–Crippen MR) is 73.3 cm³/mol. The van der Waals surface area contributed by atoms with Crippen LogP contribution < -0.4 is 10.1 Å². The number of benzene rings is 1. The van der Waals surface area contributed by atoms with E-state index < -0.39 is 6.04 Å². The van der Waals surface area contributed by atoms with Crippen LogP contribution in [0.15, 0.2) is 18.2 Å². The van der Waals surface area contributed by atoms with Gasteiger partial charge in [-0.1, -0.05) is 17.7 Å². The number of ether oxygens (including phenoxy) is 2. The van der Waals surface area contributed by atoms with E-state index in [2.05, 4.69) is 11.4 Å². The van der Waals surface area contributed by atoms with E-state index in [4.69, 9.17) is 21.1 Å². The summed E-state index contributed by atoms with van der Waals surface area (Å²) in [5.74, 6) is 0.624. The Morgan fingerprint density at radius 2 is 2.47 bits per heavy atom. The minimum absolute atomic E-state index is 0.185. The van der Waals surface area contributed by atoms with Crippen molar-refractivity contribution in [3.05, 3.63) is 28.8 Å². The molecule has 4 nitrogen and oxygen atoms in total. The molecule has 1 aromatic carbocycles. The second kappa shape index (κ2) is 6.76. The third-order valence-corrected chi connectivity index (χ3v) is 3.55. The Morgan fingerprint density at radius 3 is 3.11 bits per heavy atom. The van der Waals surface area contributed by atoms with Gasteiger partial charge in [0.1, 0.15) is 11.8 Å². The first-order valence-corrected chi connectivity index (χ1v) is 6.71. The maximum Gasteiger partial charge on any atom is 0.126 e. The van der Waals surface area contributed by atoms with Crippen molar-refractivity contribution >= 4 is 11.6 Å². The van der Waals surface area contributed by atoms with Gasteiger partial charge in [-0.25, -0.2) is 0 Å². The highest BCUT2D eigenvalue weighted by molar-refractivity contribution is 6.31. The number of nitrogens with zero attached hydrogens (tertiary/aromatic N) is 1. The molecular weight excluding hydrogens is 264 g/mol. The Balaban J connectivity index is 2.10. The zero-order valence-electron chi connectivity index (χ0n) is 10.9. The lowest BCUT2D eigenvalue weighted by atomic mass is 10.1. The molecule has 0 spiro atoms. The fourth-order valence-electron chi connectivity index (χ4n) is 2.24. The Labute approximate surface area is 118 Å². The number of hydrogen-bond acceptors (Lipinski definition) is 4. The molecule has 102 valence electrons. The molecule has 1 saturated heterocycles. The zero-order valence-corrected chi connectivity index (χ0v) is 11.6. The summed E-state index contributed by atoms with van der Waals surface area (Å²) in [6.07, 6.45) is 2.30. The van der Waals surface area contributed by atoms with Crippen LogP contribution in [-0.2, 0) is 4.74 Å². The average Bonchev–Trinajstić information content (AvgIpc) is 2.94. The fraction of sp³-hybridized carbons (Fsp3) is 0.500. The second-order valence-electron chi connectivity index (χ2n) is 4.46. The van der Waals surface area contributed by atoms with E-state index in [0.29, 0.717) is 22.9 Å². The highest BCUT2D eigenvalue weighted by atomic mass is 35.5. The van der Waals surface area contributed by atoms with E-state index >= 15 is 0 Å². The molecule has 0 bridgehead atoms. The summed E-state index contributed by atoms with van der Waals surface area (Å²) in [6, 6.07) is 7.11. The van der Waals surface area contributed by atoms with Gasteiger partial charge in [0, 0.05) is 18.7 Å². The summed E-state index contributed by atoms with van der Waals surface area (Å²) in [7, 11) is 1.57. The number of nitrogens with one attached hydrogen (secondary N) is 1. The van der Waals surface area contributed by atoms with Crippen LogP contribution in [0, 0.1) is 11.3 Å². The number of rotatable bonds is 5. The largest absolute Gasteiger partial charge is 0.496 e. The summed E-state index contributed by atoms with van der Waals surface area (Å²) in [6.45, 7) is 1.45. The first-order chi connectivity index (χ1) is 9.26. The Bertz CT molecular complexity index is 467. The van der Waals surface area contributed by atoms with Gasteiger partial charge in [-0.05, 0) is 25.0 Å². The Morgan fingerprint density at radius 1 is 1.63 bits per heavy atom. The molecule has 1 aliphatic rings. The lowest BCUT2D eigenvalue weighted by molar-refractivity contribution is 0.109. The first-order valence-electron chi connectivity index (χ1n) is 6.33. The van der Waals surface area contributed by atoms with Crippen LogP contribution in [0.3, 0.4) is 0 Å². The van der Waals surface area contributed by atoms with Gasteiger partial charge in [-0.3, -0.25) is 5.32 Å². The molecule has 0 aromatic heterocycles. The summed E-state index contributed by atoms with van der Waals surface area (Å²) in [5, 5.41) is 13.1. The van der Waals surface area contributed by atoms with Gasteiger partial charge < -0.3 is 9.47 Å². The minimum atomic E-state index is -0.493. The molecule has 1 fully saturated rings. The van der Waals surface area contributed by atoms with Crippen LogP contribution in [0.1, 0.15) is 24.4 Å². The Hall–Kier alpha value is -1.28. The third-order valence-electron chi connectivity index (χ3n) is 3.22. The number of hydrogen-bond donors (Lipinski definition) is 1. The maximum absolute atomic E-state index is 9.33. The van der Waals surface area contributed by atoms with Crippen molar-refractivity contribution in [2.45, 2.75) is 25.0 Å². The van der Waals surface area contributed by atoms with Gasteiger partial charge >= 0.3 is 0 Å². The molecule has 0 aliphatic carbocycles. The van der Waals surface area contributed by atoms with Crippen molar-refractivity contribution in [3.8, 4) is 11.8 Å². The second-order valence-corrected chi connectivity index (χ2v) is 4.87.